The monoisotopic (exact) mass is 358 g/mol. The number of benzene rings is 1. The van der Waals surface area contributed by atoms with Crippen molar-refractivity contribution in [2.45, 2.75) is 25.3 Å². The van der Waals surface area contributed by atoms with Gasteiger partial charge in [0.25, 0.3) is 0 Å². The van der Waals surface area contributed by atoms with Gasteiger partial charge in [0, 0.05) is 24.2 Å². The Morgan fingerprint density at radius 2 is 2.07 bits per heavy atom. The van der Waals surface area contributed by atoms with Crippen LogP contribution in [0.25, 0.3) is 22.2 Å². The number of nitrogens with zero attached hydrogens (tertiary/aromatic N) is 6. The molecule has 1 fully saturated rings. The summed E-state index contributed by atoms with van der Waals surface area (Å²) in [7, 11) is 1.96. The summed E-state index contributed by atoms with van der Waals surface area (Å²) in [5.41, 5.74) is 4.18. The molecule has 7 heteroatoms. The standard InChI is InChI=1S/C20H18N6O/c1-25-12-21-10-19(25)13-2-5-18-14(6-13)7-16(23-24-18)8-20(27)15-9-22-26(11-15)17-3-4-17/h2,5-7,9-12,17H,3-4,8H2,1H3. The van der Waals surface area contributed by atoms with Gasteiger partial charge in [0.15, 0.2) is 5.78 Å². The van der Waals surface area contributed by atoms with E-state index in [1.165, 1.54) is 0 Å². The molecular weight excluding hydrogens is 340 g/mol. The van der Waals surface area contributed by atoms with Gasteiger partial charge < -0.3 is 4.57 Å². The first-order valence-corrected chi connectivity index (χ1v) is 8.98. The molecule has 134 valence electrons. The number of imidazole rings is 1. The molecule has 0 unspecified atom stereocenters. The number of Topliss-reactive ketones (excluding diaryl/α,β-unsaturated/α-hetero) is 1. The molecule has 27 heavy (non-hydrogen) atoms. The van der Waals surface area contributed by atoms with Crippen LogP contribution in [-0.4, -0.2) is 35.3 Å². The highest BCUT2D eigenvalue weighted by Gasteiger charge is 2.25. The second-order valence-corrected chi connectivity index (χ2v) is 7.04. The number of carbonyl (C=O) groups is 1. The Kier molecular flexibility index (Phi) is 3.60. The Morgan fingerprint density at radius 3 is 2.85 bits per heavy atom. The van der Waals surface area contributed by atoms with Crippen LogP contribution in [0, 0.1) is 0 Å². The third-order valence-corrected chi connectivity index (χ3v) is 4.93. The molecule has 0 bridgehead atoms. The van der Waals surface area contributed by atoms with Crippen LogP contribution in [0.1, 0.15) is 34.9 Å². The Labute approximate surface area is 155 Å². The molecule has 0 radical (unpaired) electrons. The van der Waals surface area contributed by atoms with E-state index in [1.807, 2.05) is 46.9 Å². The first-order chi connectivity index (χ1) is 13.2. The maximum absolute atomic E-state index is 12.6. The summed E-state index contributed by atoms with van der Waals surface area (Å²) in [4.78, 5) is 16.7. The smallest absolute Gasteiger partial charge is 0.172 e. The summed E-state index contributed by atoms with van der Waals surface area (Å²) < 4.78 is 3.86. The number of fused-ring (bicyclic) bond motifs is 1. The lowest BCUT2D eigenvalue weighted by Crippen LogP contribution is -2.05. The van der Waals surface area contributed by atoms with Crippen LogP contribution in [0.3, 0.4) is 0 Å². The Morgan fingerprint density at radius 1 is 1.19 bits per heavy atom. The van der Waals surface area contributed by atoms with Gasteiger partial charge in [0.2, 0.25) is 0 Å². The third kappa shape index (κ3) is 3.01. The van der Waals surface area contributed by atoms with Crippen molar-refractivity contribution in [1.29, 1.82) is 0 Å². The molecule has 3 heterocycles. The molecule has 1 aromatic carbocycles. The van der Waals surface area contributed by atoms with Crippen LogP contribution in [0.4, 0.5) is 0 Å². The number of hydrogen-bond donors (Lipinski definition) is 0. The number of rotatable bonds is 5. The summed E-state index contributed by atoms with van der Waals surface area (Å²) in [6.45, 7) is 0. The fraction of sp³-hybridized carbons (Fsp3) is 0.250. The minimum atomic E-state index is 0.0124. The largest absolute Gasteiger partial charge is 0.334 e. The first kappa shape index (κ1) is 15.9. The number of aromatic nitrogens is 6. The van der Waals surface area contributed by atoms with Gasteiger partial charge in [0.05, 0.1) is 53.7 Å². The van der Waals surface area contributed by atoms with E-state index in [0.29, 0.717) is 17.3 Å². The lowest BCUT2D eigenvalue weighted by Gasteiger charge is -2.05. The van der Waals surface area contributed by atoms with Gasteiger partial charge >= 0.3 is 0 Å². The van der Waals surface area contributed by atoms with Crippen molar-refractivity contribution in [3.8, 4) is 11.3 Å². The van der Waals surface area contributed by atoms with E-state index in [4.69, 9.17) is 0 Å². The molecule has 3 aromatic heterocycles. The van der Waals surface area contributed by atoms with E-state index in [2.05, 4.69) is 26.3 Å². The van der Waals surface area contributed by atoms with Gasteiger partial charge in [-0.05, 0) is 31.0 Å². The number of ketones is 1. The zero-order valence-corrected chi connectivity index (χ0v) is 14.9. The Hall–Kier alpha value is -3.35. The molecule has 1 saturated carbocycles. The third-order valence-electron chi connectivity index (χ3n) is 4.93. The predicted molar refractivity (Wildman–Crippen MR) is 100 cm³/mol. The number of carbonyl (C=O) groups excluding carboxylic acids is 1. The minimum absolute atomic E-state index is 0.0124. The molecule has 7 nitrogen and oxygen atoms in total. The molecule has 0 atom stereocenters. The van der Waals surface area contributed by atoms with E-state index < -0.39 is 0 Å². The minimum Gasteiger partial charge on any atom is -0.334 e. The summed E-state index contributed by atoms with van der Waals surface area (Å²) in [6, 6.07) is 8.41. The highest BCUT2D eigenvalue weighted by atomic mass is 16.1. The Bertz CT molecular complexity index is 1150. The zero-order chi connectivity index (χ0) is 18.4. The van der Waals surface area contributed by atoms with Crippen LogP contribution < -0.4 is 0 Å². The lowest BCUT2D eigenvalue weighted by molar-refractivity contribution is 0.0991. The second kappa shape index (κ2) is 6.12. The maximum atomic E-state index is 12.6. The van der Waals surface area contributed by atoms with Crippen LogP contribution >= 0.6 is 0 Å². The van der Waals surface area contributed by atoms with Gasteiger partial charge in [-0.3, -0.25) is 9.48 Å². The highest BCUT2D eigenvalue weighted by molar-refractivity contribution is 5.97. The van der Waals surface area contributed by atoms with Crippen LogP contribution in [0.15, 0.2) is 49.2 Å². The zero-order valence-electron chi connectivity index (χ0n) is 14.9. The molecular formula is C20H18N6O. The summed E-state index contributed by atoms with van der Waals surface area (Å²) in [5, 5.41) is 13.7. The van der Waals surface area contributed by atoms with Gasteiger partial charge in [-0.2, -0.15) is 15.3 Å². The van der Waals surface area contributed by atoms with E-state index in [9.17, 15) is 4.79 Å². The van der Waals surface area contributed by atoms with Crippen LogP contribution in [0.2, 0.25) is 0 Å². The summed E-state index contributed by atoms with van der Waals surface area (Å²) in [6.07, 6.45) is 9.60. The van der Waals surface area contributed by atoms with Crippen molar-refractivity contribution in [3.05, 3.63) is 60.4 Å². The Balaban J connectivity index is 1.42. The SMILES string of the molecule is Cn1cncc1-c1ccc2nnc(CC(=O)c3cnn(C4CC4)c3)cc2c1. The van der Waals surface area contributed by atoms with Crippen molar-refractivity contribution in [1.82, 2.24) is 29.5 Å². The van der Waals surface area contributed by atoms with Gasteiger partial charge in [-0.15, -0.1) is 0 Å². The van der Waals surface area contributed by atoms with Crippen molar-refractivity contribution >= 4 is 16.7 Å². The number of aryl methyl sites for hydroxylation is 1. The van der Waals surface area contributed by atoms with Gasteiger partial charge in [0.1, 0.15) is 0 Å². The molecule has 1 aliphatic carbocycles. The van der Waals surface area contributed by atoms with E-state index in [-0.39, 0.29) is 12.2 Å². The molecule has 0 saturated heterocycles. The molecule has 5 rings (SSSR count). The van der Waals surface area contributed by atoms with E-state index >= 15 is 0 Å². The first-order valence-electron chi connectivity index (χ1n) is 8.98. The second-order valence-electron chi connectivity index (χ2n) is 7.04. The van der Waals surface area contributed by atoms with Crippen LogP contribution in [-0.2, 0) is 13.5 Å². The van der Waals surface area contributed by atoms with Crippen molar-refractivity contribution in [2.75, 3.05) is 0 Å². The quantitative estimate of drug-likeness (QED) is 0.513. The van der Waals surface area contributed by atoms with Crippen molar-refractivity contribution in [2.24, 2.45) is 7.05 Å². The summed E-state index contributed by atoms with van der Waals surface area (Å²) in [5.74, 6) is 0.0124. The molecule has 0 spiro atoms. The fourth-order valence-corrected chi connectivity index (χ4v) is 3.26. The van der Waals surface area contributed by atoms with Crippen LogP contribution in [0.5, 0.6) is 0 Å². The molecule has 0 aliphatic heterocycles. The fourth-order valence-electron chi connectivity index (χ4n) is 3.26. The summed E-state index contributed by atoms with van der Waals surface area (Å²) >= 11 is 0. The van der Waals surface area contributed by atoms with E-state index in [1.54, 1.807) is 12.5 Å². The molecule has 0 amide bonds. The van der Waals surface area contributed by atoms with Crippen molar-refractivity contribution in [3.63, 3.8) is 0 Å². The topological polar surface area (TPSA) is 78.5 Å². The normalized spacial score (nSPS) is 14.0. The predicted octanol–water partition coefficient (Wildman–Crippen LogP) is 2.99. The highest BCUT2D eigenvalue weighted by Crippen LogP contribution is 2.34. The van der Waals surface area contributed by atoms with E-state index in [0.717, 1.165) is 35.0 Å². The maximum Gasteiger partial charge on any atom is 0.172 e. The number of hydrogen-bond acceptors (Lipinski definition) is 5. The average molecular weight is 358 g/mol. The lowest BCUT2D eigenvalue weighted by atomic mass is 10.1. The van der Waals surface area contributed by atoms with Gasteiger partial charge in [-0.25, -0.2) is 4.98 Å². The molecule has 4 aromatic rings. The van der Waals surface area contributed by atoms with Crippen molar-refractivity contribution < 1.29 is 4.79 Å². The molecule has 0 N–H and O–H groups in total. The average Bonchev–Trinajstić information content (AvgIpc) is 3.24. The van der Waals surface area contributed by atoms with Gasteiger partial charge in [-0.1, -0.05) is 6.07 Å². The molecule has 1 aliphatic rings.